The van der Waals surface area contributed by atoms with Crippen LogP contribution in [0.2, 0.25) is 5.02 Å². The third-order valence-electron chi connectivity index (χ3n) is 5.30. The first-order valence-corrected chi connectivity index (χ1v) is 12.1. The molecule has 2 amide bonds. The van der Waals surface area contributed by atoms with Crippen molar-refractivity contribution in [2.75, 3.05) is 43.5 Å². The molecule has 4 rings (SSSR count). The van der Waals surface area contributed by atoms with Gasteiger partial charge in [-0.1, -0.05) is 27.5 Å². The van der Waals surface area contributed by atoms with E-state index in [0.717, 1.165) is 10.2 Å². The number of anilines is 2. The van der Waals surface area contributed by atoms with Crippen molar-refractivity contribution < 1.29 is 18.7 Å². The summed E-state index contributed by atoms with van der Waals surface area (Å²) in [6.07, 6.45) is 1.50. The summed E-state index contributed by atoms with van der Waals surface area (Å²) in [7, 11) is 1.51. The second kappa shape index (κ2) is 10.2. The minimum atomic E-state index is -0.317. The number of hydrogen-bond donors (Lipinski definition) is 1. The van der Waals surface area contributed by atoms with Crippen molar-refractivity contribution in [3.8, 4) is 5.75 Å². The van der Waals surface area contributed by atoms with Crippen LogP contribution in [-0.2, 0) is 0 Å². The maximum Gasteiger partial charge on any atom is 0.289 e. The Kier molecular flexibility index (Phi) is 7.31. The van der Waals surface area contributed by atoms with E-state index in [-0.39, 0.29) is 11.8 Å². The van der Waals surface area contributed by atoms with Crippen LogP contribution in [0.5, 0.6) is 5.75 Å². The Hall–Kier alpha value is -2.49. The highest BCUT2D eigenvalue weighted by atomic mass is 79.9. The number of furan rings is 1. The first-order valence-electron chi connectivity index (χ1n) is 10.1. The van der Waals surface area contributed by atoms with Crippen molar-refractivity contribution in [2.24, 2.45) is 0 Å². The molecule has 1 fully saturated rings. The molecule has 1 aromatic heterocycles. The number of nitrogens with one attached hydrogen (secondary N) is 1. The van der Waals surface area contributed by atoms with E-state index in [1.54, 1.807) is 35.2 Å². The molecule has 0 bridgehead atoms. The summed E-state index contributed by atoms with van der Waals surface area (Å²) in [5.41, 5.74) is 1.80. The molecule has 33 heavy (non-hydrogen) atoms. The van der Waals surface area contributed by atoms with Crippen molar-refractivity contribution in [3.05, 3.63) is 74.0 Å². The van der Waals surface area contributed by atoms with Gasteiger partial charge in [0.1, 0.15) is 5.75 Å². The van der Waals surface area contributed by atoms with Gasteiger partial charge in [-0.3, -0.25) is 9.59 Å². The molecular formula is C23H20Br2ClN3O4. The van der Waals surface area contributed by atoms with Crippen molar-refractivity contribution in [1.82, 2.24) is 4.90 Å². The zero-order chi connectivity index (χ0) is 23.5. The van der Waals surface area contributed by atoms with E-state index in [4.69, 9.17) is 20.8 Å². The first-order chi connectivity index (χ1) is 15.9. The Morgan fingerprint density at radius 3 is 2.48 bits per heavy atom. The minimum absolute atomic E-state index is 0.113. The molecule has 0 aliphatic carbocycles. The number of ether oxygens (including phenoxy) is 1. The number of rotatable bonds is 5. The van der Waals surface area contributed by atoms with Gasteiger partial charge in [0, 0.05) is 36.3 Å². The van der Waals surface area contributed by atoms with E-state index in [0.29, 0.717) is 58.4 Å². The van der Waals surface area contributed by atoms with Crippen LogP contribution in [0.1, 0.15) is 20.9 Å². The average Bonchev–Trinajstić information content (AvgIpc) is 3.33. The summed E-state index contributed by atoms with van der Waals surface area (Å²) >= 11 is 13.4. The molecule has 0 unspecified atom stereocenters. The quantitative estimate of drug-likeness (QED) is 0.410. The summed E-state index contributed by atoms with van der Waals surface area (Å²) in [6, 6.07) is 12.3. The zero-order valence-corrected chi connectivity index (χ0v) is 21.5. The fourth-order valence-corrected chi connectivity index (χ4v) is 5.37. The van der Waals surface area contributed by atoms with Gasteiger partial charge in [0.15, 0.2) is 5.76 Å². The number of hydrogen-bond acceptors (Lipinski definition) is 5. The Morgan fingerprint density at radius 2 is 1.85 bits per heavy atom. The molecule has 7 nitrogen and oxygen atoms in total. The monoisotopic (exact) mass is 595 g/mol. The van der Waals surface area contributed by atoms with Gasteiger partial charge >= 0.3 is 0 Å². The Balaban J connectivity index is 1.43. The SMILES string of the molecule is COc1c(Br)cc(Br)cc1C(=O)Nc1ccc(N2CCN(C(=O)c3ccco3)CC2)c(Cl)c1. The maximum absolute atomic E-state index is 12.9. The molecule has 10 heteroatoms. The van der Waals surface area contributed by atoms with Crippen molar-refractivity contribution in [2.45, 2.75) is 0 Å². The first kappa shape index (κ1) is 23.7. The smallest absolute Gasteiger partial charge is 0.289 e. The van der Waals surface area contributed by atoms with E-state index in [2.05, 4.69) is 42.1 Å². The number of carbonyl (C=O) groups excluding carboxylic acids is 2. The van der Waals surface area contributed by atoms with Crippen LogP contribution in [-0.4, -0.2) is 50.0 Å². The van der Waals surface area contributed by atoms with Crippen LogP contribution in [0, 0.1) is 0 Å². The summed E-state index contributed by atoms with van der Waals surface area (Å²) in [4.78, 5) is 29.2. The molecule has 1 aliphatic rings. The molecule has 0 atom stereocenters. The Morgan fingerprint density at radius 1 is 1.09 bits per heavy atom. The van der Waals surface area contributed by atoms with Crippen LogP contribution < -0.4 is 15.0 Å². The van der Waals surface area contributed by atoms with Gasteiger partial charge in [-0.15, -0.1) is 0 Å². The van der Waals surface area contributed by atoms with E-state index in [9.17, 15) is 9.59 Å². The lowest BCUT2D eigenvalue weighted by Gasteiger charge is -2.36. The molecule has 1 N–H and O–H groups in total. The van der Waals surface area contributed by atoms with Gasteiger partial charge in [0.25, 0.3) is 11.8 Å². The third-order valence-corrected chi connectivity index (χ3v) is 6.65. The lowest BCUT2D eigenvalue weighted by Crippen LogP contribution is -2.48. The van der Waals surface area contributed by atoms with Crippen LogP contribution in [0.3, 0.4) is 0 Å². The molecule has 2 heterocycles. The summed E-state index contributed by atoms with van der Waals surface area (Å²) in [5, 5.41) is 3.38. The predicted octanol–water partition coefficient (Wildman–Crippen LogP) is 5.68. The second-order valence-corrected chi connectivity index (χ2v) is 9.52. The fraction of sp³-hybridized carbons (Fsp3) is 0.217. The largest absolute Gasteiger partial charge is 0.495 e. The number of piperazine rings is 1. The average molecular weight is 598 g/mol. The molecular weight excluding hydrogens is 578 g/mol. The fourth-order valence-electron chi connectivity index (χ4n) is 3.68. The third kappa shape index (κ3) is 5.20. The number of methoxy groups -OCH3 is 1. The van der Waals surface area contributed by atoms with E-state index in [1.165, 1.54) is 13.4 Å². The van der Waals surface area contributed by atoms with E-state index in [1.807, 2.05) is 12.1 Å². The van der Waals surface area contributed by atoms with Crippen molar-refractivity contribution in [1.29, 1.82) is 0 Å². The van der Waals surface area contributed by atoms with Crippen LogP contribution in [0.4, 0.5) is 11.4 Å². The van der Waals surface area contributed by atoms with Gasteiger partial charge in [-0.2, -0.15) is 0 Å². The van der Waals surface area contributed by atoms with Crippen molar-refractivity contribution >= 4 is 66.6 Å². The van der Waals surface area contributed by atoms with E-state index >= 15 is 0 Å². The standard InChI is InChI=1S/C23H20Br2ClN3O4/c1-32-21-16(11-14(24)12-17(21)25)22(30)27-15-4-5-19(18(26)13-15)28-6-8-29(9-7-28)23(31)20-3-2-10-33-20/h2-5,10-13H,6-9H2,1H3,(H,27,30). The Labute approximate surface area is 212 Å². The Bertz CT molecular complexity index is 1180. The van der Waals surface area contributed by atoms with Crippen LogP contribution >= 0.6 is 43.5 Å². The van der Waals surface area contributed by atoms with E-state index < -0.39 is 0 Å². The molecule has 3 aromatic rings. The summed E-state index contributed by atoms with van der Waals surface area (Å²) in [5.74, 6) is 0.359. The summed E-state index contributed by atoms with van der Waals surface area (Å²) in [6.45, 7) is 2.40. The molecule has 1 aliphatic heterocycles. The van der Waals surface area contributed by atoms with Gasteiger partial charge in [-0.25, -0.2) is 0 Å². The molecule has 172 valence electrons. The lowest BCUT2D eigenvalue weighted by molar-refractivity contribution is 0.0714. The second-order valence-electron chi connectivity index (χ2n) is 7.35. The van der Waals surface area contributed by atoms with Crippen LogP contribution in [0.25, 0.3) is 0 Å². The molecule has 2 aromatic carbocycles. The normalized spacial score (nSPS) is 13.7. The van der Waals surface area contributed by atoms with Gasteiger partial charge < -0.3 is 24.3 Å². The maximum atomic E-state index is 12.9. The minimum Gasteiger partial charge on any atom is -0.495 e. The van der Waals surface area contributed by atoms with Gasteiger partial charge in [0.05, 0.1) is 34.1 Å². The zero-order valence-electron chi connectivity index (χ0n) is 17.6. The number of carbonyl (C=O) groups is 2. The van der Waals surface area contributed by atoms with Crippen molar-refractivity contribution in [3.63, 3.8) is 0 Å². The molecule has 1 saturated heterocycles. The number of benzene rings is 2. The molecule has 0 saturated carbocycles. The summed E-state index contributed by atoms with van der Waals surface area (Å²) < 4.78 is 12.0. The van der Waals surface area contributed by atoms with Crippen LogP contribution in [0.15, 0.2) is 62.1 Å². The molecule has 0 spiro atoms. The highest BCUT2D eigenvalue weighted by Crippen LogP contribution is 2.34. The number of amides is 2. The highest BCUT2D eigenvalue weighted by molar-refractivity contribution is 9.11. The molecule has 0 radical (unpaired) electrons. The van der Waals surface area contributed by atoms with Gasteiger partial charge in [-0.05, 0) is 58.4 Å². The topological polar surface area (TPSA) is 75.0 Å². The van der Waals surface area contributed by atoms with Gasteiger partial charge in [0.2, 0.25) is 0 Å². The predicted molar refractivity (Wildman–Crippen MR) is 135 cm³/mol. The highest BCUT2D eigenvalue weighted by Gasteiger charge is 2.25. The number of nitrogens with zero attached hydrogens (tertiary/aromatic N) is 2. The lowest BCUT2D eigenvalue weighted by atomic mass is 10.1. The number of halogens is 3.